The number of amides is 2. The Morgan fingerprint density at radius 2 is 1.56 bits per heavy atom. The molecular weight excluding hydrogens is 366 g/mol. The minimum absolute atomic E-state index is 0.102. The predicted molar refractivity (Wildman–Crippen MR) is 105 cm³/mol. The molecule has 0 atom stereocenters. The van der Waals surface area contributed by atoms with E-state index in [0.717, 1.165) is 4.31 Å². The van der Waals surface area contributed by atoms with Gasteiger partial charge in [-0.2, -0.15) is 0 Å². The van der Waals surface area contributed by atoms with Gasteiger partial charge in [0.25, 0.3) is 5.91 Å². The van der Waals surface area contributed by atoms with Crippen molar-refractivity contribution in [3.05, 3.63) is 53.1 Å². The van der Waals surface area contributed by atoms with Crippen LogP contribution in [0.1, 0.15) is 28.4 Å². The molecule has 144 valence electrons. The highest BCUT2D eigenvalue weighted by Gasteiger charge is 2.23. The largest absolute Gasteiger partial charge is 0.326 e. The van der Waals surface area contributed by atoms with E-state index < -0.39 is 15.9 Å². The highest BCUT2D eigenvalue weighted by molar-refractivity contribution is 7.89. The van der Waals surface area contributed by atoms with Crippen LogP contribution in [0.4, 0.5) is 11.4 Å². The Kier molecular flexibility index (Phi) is 6.02. The van der Waals surface area contributed by atoms with Gasteiger partial charge in [-0.15, -0.1) is 0 Å². The SMILES string of the molecule is CC(=O)Nc1cccc(NC(=O)c2cc(C)c(C)c(S(=O)(=O)N(C)C)c2)c1. The Balaban J connectivity index is 2.38. The second-order valence-corrected chi connectivity index (χ2v) is 8.54. The molecule has 2 N–H and O–H groups in total. The highest BCUT2D eigenvalue weighted by atomic mass is 32.2. The van der Waals surface area contributed by atoms with Crippen LogP contribution in [-0.2, 0) is 14.8 Å². The Bertz CT molecular complexity index is 998. The average molecular weight is 389 g/mol. The molecule has 8 heteroatoms. The molecule has 0 heterocycles. The van der Waals surface area contributed by atoms with Gasteiger partial charge in [0.2, 0.25) is 15.9 Å². The van der Waals surface area contributed by atoms with Gasteiger partial charge < -0.3 is 10.6 Å². The summed E-state index contributed by atoms with van der Waals surface area (Å²) in [6, 6.07) is 9.74. The van der Waals surface area contributed by atoms with E-state index in [-0.39, 0.29) is 16.4 Å². The molecule has 0 saturated carbocycles. The zero-order valence-electron chi connectivity index (χ0n) is 16.0. The summed E-state index contributed by atoms with van der Waals surface area (Å²) >= 11 is 0. The maximum atomic E-state index is 12.7. The first kappa shape index (κ1) is 20.6. The second-order valence-electron chi connectivity index (χ2n) is 6.42. The van der Waals surface area contributed by atoms with Gasteiger partial charge in [-0.3, -0.25) is 9.59 Å². The van der Waals surface area contributed by atoms with Crippen LogP contribution in [0.3, 0.4) is 0 Å². The lowest BCUT2D eigenvalue weighted by Gasteiger charge is -2.16. The molecule has 0 bridgehead atoms. The van der Waals surface area contributed by atoms with Gasteiger partial charge in [0.15, 0.2) is 0 Å². The topological polar surface area (TPSA) is 95.6 Å². The summed E-state index contributed by atoms with van der Waals surface area (Å²) in [5, 5.41) is 5.37. The molecule has 2 aromatic rings. The standard InChI is InChI=1S/C19H23N3O4S/c1-12-9-15(10-18(13(12)2)27(25,26)22(4)5)19(24)21-17-8-6-7-16(11-17)20-14(3)23/h6-11H,1-5H3,(H,20,23)(H,21,24). The van der Waals surface area contributed by atoms with Crippen LogP contribution in [0.5, 0.6) is 0 Å². The third kappa shape index (κ3) is 4.72. The van der Waals surface area contributed by atoms with E-state index in [4.69, 9.17) is 0 Å². The van der Waals surface area contributed by atoms with Crippen molar-refractivity contribution < 1.29 is 18.0 Å². The zero-order chi connectivity index (χ0) is 20.4. The van der Waals surface area contributed by atoms with Gasteiger partial charge in [0.1, 0.15) is 0 Å². The van der Waals surface area contributed by atoms with Crippen LogP contribution in [0, 0.1) is 13.8 Å². The lowest BCUT2D eigenvalue weighted by molar-refractivity contribution is -0.114. The molecule has 0 aliphatic carbocycles. The van der Waals surface area contributed by atoms with Gasteiger partial charge in [-0.1, -0.05) is 6.07 Å². The second kappa shape index (κ2) is 7.89. The number of aryl methyl sites for hydroxylation is 1. The Morgan fingerprint density at radius 3 is 2.11 bits per heavy atom. The molecule has 2 amide bonds. The first-order chi connectivity index (χ1) is 12.5. The van der Waals surface area contributed by atoms with E-state index in [0.29, 0.717) is 22.5 Å². The van der Waals surface area contributed by atoms with Gasteiger partial charge in [0, 0.05) is 38.0 Å². The van der Waals surface area contributed by atoms with Crippen molar-refractivity contribution in [3.8, 4) is 0 Å². The summed E-state index contributed by atoms with van der Waals surface area (Å²) < 4.78 is 26.2. The van der Waals surface area contributed by atoms with E-state index >= 15 is 0 Å². The van der Waals surface area contributed by atoms with E-state index in [1.54, 1.807) is 44.2 Å². The molecule has 0 radical (unpaired) electrons. The maximum Gasteiger partial charge on any atom is 0.255 e. The molecule has 0 saturated heterocycles. The normalized spacial score (nSPS) is 11.3. The Labute approximate surface area is 159 Å². The van der Waals surface area contributed by atoms with Crippen LogP contribution < -0.4 is 10.6 Å². The minimum atomic E-state index is -3.67. The summed E-state index contributed by atoms with van der Waals surface area (Å²) in [5.74, 6) is -0.653. The Morgan fingerprint density at radius 1 is 0.963 bits per heavy atom. The van der Waals surface area contributed by atoms with Crippen molar-refractivity contribution in [2.75, 3.05) is 24.7 Å². The number of hydrogen-bond acceptors (Lipinski definition) is 4. The van der Waals surface area contributed by atoms with Crippen LogP contribution in [0.15, 0.2) is 41.3 Å². The maximum absolute atomic E-state index is 12.7. The van der Waals surface area contributed by atoms with E-state index in [9.17, 15) is 18.0 Å². The quantitative estimate of drug-likeness (QED) is 0.822. The number of carbonyl (C=O) groups excluding carboxylic acids is 2. The van der Waals surface area contributed by atoms with Crippen molar-refractivity contribution in [3.63, 3.8) is 0 Å². The van der Waals surface area contributed by atoms with Crippen molar-refractivity contribution in [1.29, 1.82) is 0 Å². The van der Waals surface area contributed by atoms with Gasteiger partial charge >= 0.3 is 0 Å². The zero-order valence-corrected chi connectivity index (χ0v) is 16.8. The van der Waals surface area contributed by atoms with Crippen molar-refractivity contribution in [1.82, 2.24) is 4.31 Å². The first-order valence-electron chi connectivity index (χ1n) is 8.25. The molecule has 0 spiro atoms. The molecule has 0 aromatic heterocycles. The molecular formula is C19H23N3O4S. The third-order valence-corrected chi connectivity index (χ3v) is 6.02. The Hall–Kier alpha value is -2.71. The monoisotopic (exact) mass is 389 g/mol. The highest BCUT2D eigenvalue weighted by Crippen LogP contribution is 2.24. The average Bonchev–Trinajstić information content (AvgIpc) is 2.56. The number of hydrogen-bond donors (Lipinski definition) is 2. The minimum Gasteiger partial charge on any atom is -0.326 e. The number of sulfonamides is 1. The molecule has 0 unspecified atom stereocenters. The number of carbonyl (C=O) groups is 2. The molecule has 0 aliphatic heterocycles. The fraction of sp³-hybridized carbons (Fsp3) is 0.263. The number of benzene rings is 2. The number of nitrogens with zero attached hydrogens (tertiary/aromatic N) is 1. The van der Waals surface area contributed by atoms with Gasteiger partial charge in [0.05, 0.1) is 4.90 Å². The molecule has 7 nitrogen and oxygen atoms in total. The lowest BCUT2D eigenvalue weighted by Crippen LogP contribution is -2.24. The number of anilines is 2. The lowest BCUT2D eigenvalue weighted by atomic mass is 10.1. The molecule has 27 heavy (non-hydrogen) atoms. The predicted octanol–water partition coefficient (Wildman–Crippen LogP) is 2.76. The molecule has 2 rings (SSSR count). The smallest absolute Gasteiger partial charge is 0.255 e. The van der Waals surface area contributed by atoms with Crippen molar-refractivity contribution in [2.45, 2.75) is 25.7 Å². The van der Waals surface area contributed by atoms with Crippen LogP contribution in [0.25, 0.3) is 0 Å². The summed E-state index contributed by atoms with van der Waals surface area (Å²) in [5.41, 5.74) is 2.59. The summed E-state index contributed by atoms with van der Waals surface area (Å²) in [7, 11) is -0.776. The number of nitrogens with one attached hydrogen (secondary N) is 2. The summed E-state index contributed by atoms with van der Waals surface area (Å²) in [6.07, 6.45) is 0. The van der Waals surface area contributed by atoms with Crippen LogP contribution >= 0.6 is 0 Å². The fourth-order valence-electron chi connectivity index (χ4n) is 2.50. The summed E-state index contributed by atoms with van der Waals surface area (Å²) in [4.78, 5) is 23.9. The van der Waals surface area contributed by atoms with Gasteiger partial charge in [-0.05, 0) is 55.3 Å². The fourth-order valence-corrected chi connectivity index (χ4v) is 3.72. The van der Waals surface area contributed by atoms with Crippen molar-refractivity contribution >= 4 is 33.2 Å². The van der Waals surface area contributed by atoms with Crippen LogP contribution in [-0.4, -0.2) is 38.6 Å². The molecule has 0 aliphatic rings. The van der Waals surface area contributed by atoms with E-state index in [1.807, 2.05) is 0 Å². The molecule has 0 fully saturated rings. The van der Waals surface area contributed by atoms with Crippen molar-refractivity contribution in [2.24, 2.45) is 0 Å². The van der Waals surface area contributed by atoms with E-state index in [1.165, 1.54) is 27.1 Å². The van der Waals surface area contributed by atoms with Gasteiger partial charge in [-0.25, -0.2) is 12.7 Å². The number of rotatable bonds is 5. The van der Waals surface area contributed by atoms with Crippen LogP contribution in [0.2, 0.25) is 0 Å². The molecule has 2 aromatic carbocycles. The first-order valence-corrected chi connectivity index (χ1v) is 9.69. The summed E-state index contributed by atoms with van der Waals surface area (Å²) in [6.45, 7) is 4.87. The third-order valence-electron chi connectivity index (χ3n) is 4.08. The van der Waals surface area contributed by atoms with E-state index in [2.05, 4.69) is 10.6 Å².